The van der Waals surface area contributed by atoms with Crippen LogP contribution in [0.25, 0.3) is 11.0 Å². The second kappa shape index (κ2) is 3.42. The van der Waals surface area contributed by atoms with Crippen molar-refractivity contribution in [2.45, 2.75) is 12.8 Å². The lowest BCUT2D eigenvalue weighted by Gasteiger charge is -2.10. The smallest absolute Gasteiger partial charge is 0.134 e. The average molecular weight is 194 g/mol. The predicted octanol–water partition coefficient (Wildman–Crippen LogP) is 2.67. The van der Waals surface area contributed by atoms with Crippen LogP contribution in [0.3, 0.4) is 0 Å². The zero-order valence-electron chi connectivity index (χ0n) is 7.83. The van der Waals surface area contributed by atoms with E-state index in [1.54, 1.807) is 19.1 Å². The maximum absolute atomic E-state index is 13.5. The van der Waals surface area contributed by atoms with Gasteiger partial charge in [0.2, 0.25) is 0 Å². The topological polar surface area (TPSA) is 33.4 Å². The average Bonchev–Trinajstić information content (AvgIpc) is 2.64. The first-order valence-electron chi connectivity index (χ1n) is 4.50. The monoisotopic (exact) mass is 194 g/mol. The Morgan fingerprint density at radius 3 is 2.93 bits per heavy atom. The predicted molar refractivity (Wildman–Crippen MR) is 51.7 cm³/mol. The normalized spacial score (nSPS) is 13.4. The van der Waals surface area contributed by atoms with Gasteiger partial charge in [-0.1, -0.05) is 6.92 Å². The molecule has 0 saturated carbocycles. The molecular weight excluding hydrogens is 183 g/mol. The number of aliphatic hydroxyl groups is 1. The fraction of sp³-hybridized carbons (Fsp3) is 0.273. The van der Waals surface area contributed by atoms with Crippen molar-refractivity contribution in [2.75, 3.05) is 6.61 Å². The molecule has 1 atom stereocenters. The van der Waals surface area contributed by atoms with Crippen LogP contribution in [0.2, 0.25) is 0 Å². The van der Waals surface area contributed by atoms with Crippen molar-refractivity contribution in [3.63, 3.8) is 0 Å². The van der Waals surface area contributed by atoms with Crippen molar-refractivity contribution in [1.29, 1.82) is 0 Å². The molecule has 0 amide bonds. The fourth-order valence-corrected chi connectivity index (χ4v) is 1.63. The van der Waals surface area contributed by atoms with Gasteiger partial charge in [-0.25, -0.2) is 4.39 Å². The Kier molecular flexibility index (Phi) is 2.25. The zero-order chi connectivity index (χ0) is 10.1. The molecule has 2 nitrogen and oxygen atoms in total. The maximum atomic E-state index is 13.5. The number of furan rings is 1. The van der Waals surface area contributed by atoms with E-state index in [0.717, 1.165) is 5.39 Å². The van der Waals surface area contributed by atoms with Crippen molar-refractivity contribution < 1.29 is 13.9 Å². The molecule has 74 valence electrons. The summed E-state index contributed by atoms with van der Waals surface area (Å²) in [7, 11) is 0. The van der Waals surface area contributed by atoms with E-state index < -0.39 is 0 Å². The summed E-state index contributed by atoms with van der Waals surface area (Å²) in [5.74, 6) is -0.503. The Morgan fingerprint density at radius 2 is 2.21 bits per heavy atom. The van der Waals surface area contributed by atoms with Gasteiger partial charge < -0.3 is 9.52 Å². The van der Waals surface area contributed by atoms with Gasteiger partial charge >= 0.3 is 0 Å². The second-order valence-corrected chi connectivity index (χ2v) is 3.38. The van der Waals surface area contributed by atoms with Crippen molar-refractivity contribution in [3.05, 3.63) is 35.8 Å². The van der Waals surface area contributed by atoms with Gasteiger partial charge in [-0.05, 0) is 18.2 Å². The Labute approximate surface area is 81.0 Å². The third-order valence-electron chi connectivity index (χ3n) is 2.39. The fourth-order valence-electron chi connectivity index (χ4n) is 1.63. The van der Waals surface area contributed by atoms with Crippen LogP contribution in [0.4, 0.5) is 4.39 Å². The quantitative estimate of drug-likeness (QED) is 0.797. The third kappa shape index (κ3) is 1.30. The summed E-state index contributed by atoms with van der Waals surface area (Å²) in [6, 6.07) is 4.69. The number of benzene rings is 1. The molecule has 0 aliphatic rings. The molecule has 1 unspecified atom stereocenters. The SMILES string of the molecule is CC(CO)c1c(F)ccc2occc12. The lowest BCUT2D eigenvalue weighted by Crippen LogP contribution is -2.02. The minimum absolute atomic E-state index is 0.0682. The van der Waals surface area contributed by atoms with E-state index in [1.807, 2.05) is 0 Å². The van der Waals surface area contributed by atoms with Crippen LogP contribution in [0.5, 0.6) is 0 Å². The summed E-state index contributed by atoms with van der Waals surface area (Å²) in [6.45, 7) is 1.71. The van der Waals surface area contributed by atoms with Crippen LogP contribution >= 0.6 is 0 Å². The number of hydrogen-bond donors (Lipinski definition) is 1. The second-order valence-electron chi connectivity index (χ2n) is 3.38. The van der Waals surface area contributed by atoms with Gasteiger partial charge in [0, 0.05) is 23.5 Å². The first-order chi connectivity index (χ1) is 6.74. The molecular formula is C11H11FO2. The molecule has 3 heteroatoms. The molecule has 0 aliphatic heterocycles. The molecule has 0 spiro atoms. The van der Waals surface area contributed by atoms with Gasteiger partial charge in [-0.3, -0.25) is 0 Å². The number of fused-ring (bicyclic) bond motifs is 1. The van der Waals surface area contributed by atoms with Crippen molar-refractivity contribution in [2.24, 2.45) is 0 Å². The van der Waals surface area contributed by atoms with Crippen LogP contribution in [-0.4, -0.2) is 11.7 Å². The minimum atomic E-state index is -0.291. The molecule has 1 aromatic heterocycles. The zero-order valence-corrected chi connectivity index (χ0v) is 7.83. The Hall–Kier alpha value is -1.35. The molecule has 1 N–H and O–H groups in total. The third-order valence-corrected chi connectivity index (χ3v) is 2.39. The highest BCUT2D eigenvalue weighted by molar-refractivity contribution is 5.81. The van der Waals surface area contributed by atoms with Crippen LogP contribution < -0.4 is 0 Å². The lowest BCUT2D eigenvalue weighted by atomic mass is 9.98. The van der Waals surface area contributed by atoms with Gasteiger partial charge in [0.25, 0.3) is 0 Å². The molecule has 1 aromatic carbocycles. The van der Waals surface area contributed by atoms with E-state index in [-0.39, 0.29) is 18.3 Å². The van der Waals surface area contributed by atoms with E-state index in [1.165, 1.54) is 12.3 Å². The summed E-state index contributed by atoms with van der Waals surface area (Å²) in [6.07, 6.45) is 1.53. The van der Waals surface area contributed by atoms with Crippen LogP contribution in [0.15, 0.2) is 28.9 Å². The molecule has 1 heterocycles. The van der Waals surface area contributed by atoms with Gasteiger partial charge in [0.05, 0.1) is 6.26 Å². The van der Waals surface area contributed by atoms with Crippen LogP contribution in [0, 0.1) is 5.82 Å². The van der Waals surface area contributed by atoms with Crippen molar-refractivity contribution in [3.8, 4) is 0 Å². The summed E-state index contributed by atoms with van der Waals surface area (Å²) in [4.78, 5) is 0. The first kappa shape index (κ1) is 9.21. The molecule has 0 aliphatic carbocycles. The van der Waals surface area contributed by atoms with E-state index in [4.69, 9.17) is 9.52 Å². The summed E-state index contributed by atoms with van der Waals surface area (Å²) in [5, 5.41) is 9.75. The van der Waals surface area contributed by atoms with E-state index in [2.05, 4.69) is 0 Å². The van der Waals surface area contributed by atoms with Gasteiger partial charge in [0.15, 0.2) is 0 Å². The Balaban J connectivity index is 2.70. The summed E-state index contributed by atoms with van der Waals surface area (Å²) < 4.78 is 18.6. The minimum Gasteiger partial charge on any atom is -0.464 e. The van der Waals surface area contributed by atoms with Gasteiger partial charge in [0.1, 0.15) is 11.4 Å². The van der Waals surface area contributed by atoms with E-state index in [9.17, 15) is 4.39 Å². The number of rotatable bonds is 2. The van der Waals surface area contributed by atoms with Gasteiger partial charge in [-0.15, -0.1) is 0 Å². The molecule has 2 rings (SSSR count). The van der Waals surface area contributed by atoms with Gasteiger partial charge in [-0.2, -0.15) is 0 Å². The maximum Gasteiger partial charge on any atom is 0.134 e. The van der Waals surface area contributed by atoms with E-state index >= 15 is 0 Å². The molecule has 0 fully saturated rings. The molecule has 2 aromatic rings. The molecule has 14 heavy (non-hydrogen) atoms. The number of halogens is 1. The molecule has 0 saturated heterocycles. The Bertz CT molecular complexity index is 447. The number of hydrogen-bond acceptors (Lipinski definition) is 2. The van der Waals surface area contributed by atoms with Crippen LogP contribution in [0.1, 0.15) is 18.4 Å². The standard InChI is InChI=1S/C11H11FO2/c1-7(6-13)11-8-4-5-14-10(8)3-2-9(11)12/h2-5,7,13H,6H2,1H3. The summed E-state index contributed by atoms with van der Waals surface area (Å²) >= 11 is 0. The summed E-state index contributed by atoms with van der Waals surface area (Å²) in [5.41, 5.74) is 1.18. The highest BCUT2D eigenvalue weighted by Crippen LogP contribution is 2.28. The first-order valence-corrected chi connectivity index (χ1v) is 4.50. The molecule has 0 bridgehead atoms. The van der Waals surface area contributed by atoms with Crippen molar-refractivity contribution >= 4 is 11.0 Å². The highest BCUT2D eigenvalue weighted by atomic mass is 19.1. The lowest BCUT2D eigenvalue weighted by molar-refractivity contribution is 0.271. The van der Waals surface area contributed by atoms with Crippen LogP contribution in [-0.2, 0) is 0 Å². The largest absolute Gasteiger partial charge is 0.464 e. The number of aliphatic hydroxyl groups excluding tert-OH is 1. The highest BCUT2D eigenvalue weighted by Gasteiger charge is 2.15. The van der Waals surface area contributed by atoms with E-state index in [0.29, 0.717) is 11.1 Å². The Morgan fingerprint density at radius 1 is 1.43 bits per heavy atom. The van der Waals surface area contributed by atoms with Crippen molar-refractivity contribution in [1.82, 2.24) is 0 Å². The molecule has 0 radical (unpaired) electrons.